The maximum atomic E-state index is 13.0. The van der Waals surface area contributed by atoms with E-state index in [9.17, 15) is 31.1 Å². The summed E-state index contributed by atoms with van der Waals surface area (Å²) in [5.41, 5.74) is -1.57. The Hall–Kier alpha value is -2.96. The smallest absolute Gasteiger partial charge is 0.416 e. The van der Waals surface area contributed by atoms with Gasteiger partial charge in [-0.2, -0.15) is 31.4 Å². The summed E-state index contributed by atoms with van der Waals surface area (Å²) >= 11 is 13.0. The Morgan fingerprint density at radius 1 is 0.946 bits per heavy atom. The van der Waals surface area contributed by atoms with Crippen LogP contribution in [-0.2, 0) is 23.6 Å². The minimum atomic E-state index is -4.56. The van der Waals surface area contributed by atoms with Crippen LogP contribution in [0.1, 0.15) is 22.5 Å². The Kier molecular flexibility index (Phi) is 7.63. The molecule has 2 aromatic carbocycles. The first-order chi connectivity index (χ1) is 17.3. The summed E-state index contributed by atoms with van der Waals surface area (Å²) in [7, 11) is 0. The minimum Gasteiger partial charge on any atom is -0.455 e. The first kappa shape index (κ1) is 27.1. The summed E-state index contributed by atoms with van der Waals surface area (Å²) in [6.07, 6.45) is -8.01. The summed E-state index contributed by atoms with van der Waals surface area (Å²) in [5.74, 6) is -0.256. The largest absolute Gasteiger partial charge is 0.455 e. The Balaban J connectivity index is 1.44. The first-order valence-electron chi connectivity index (χ1n) is 10.2. The second kappa shape index (κ2) is 10.4. The topological polar surface area (TPSA) is 67.0 Å². The number of benzene rings is 2. The van der Waals surface area contributed by atoms with Crippen molar-refractivity contribution >= 4 is 52.3 Å². The van der Waals surface area contributed by atoms with Crippen molar-refractivity contribution < 1.29 is 35.6 Å². The fraction of sp³-hybridized carbons (Fsp3) is 0.174. The first-order valence-corrected chi connectivity index (χ1v) is 11.9. The van der Waals surface area contributed by atoms with Gasteiger partial charge in [-0.3, -0.25) is 4.79 Å². The maximum absolute atomic E-state index is 13.0. The van der Waals surface area contributed by atoms with Gasteiger partial charge >= 0.3 is 12.4 Å². The van der Waals surface area contributed by atoms with Gasteiger partial charge in [0.05, 0.1) is 27.6 Å². The lowest BCUT2D eigenvalue weighted by molar-refractivity contribution is -0.138. The summed E-state index contributed by atoms with van der Waals surface area (Å²) < 4.78 is 83.5. The normalized spacial score (nSPS) is 17.7. The standard InChI is InChI=1S/C23H13Cl2F6N3O2S/c24-16-4-1-12(22(26,27)28)7-11(16)8-19-20(35)33-21(37-19)34-32-10-14-3-6-18(36-14)15-9-13(23(29,30)31)2-5-17(15)25/h1-7,9-10,19H,8H2,(H,33,34,35)/b32-10+. The van der Waals surface area contributed by atoms with Crippen LogP contribution in [0.15, 0.2) is 63.2 Å². The number of alkyl halides is 6. The number of nitrogens with one attached hydrogen (secondary N) is 1. The van der Waals surface area contributed by atoms with Crippen molar-refractivity contribution in [1.82, 2.24) is 5.32 Å². The molecule has 0 aliphatic carbocycles. The third-order valence-corrected chi connectivity index (χ3v) is 6.84. The third-order valence-electron chi connectivity index (χ3n) is 5.07. The van der Waals surface area contributed by atoms with Gasteiger partial charge in [-0.05, 0) is 60.5 Å². The molecule has 0 saturated carbocycles. The average Bonchev–Trinajstić information content (AvgIpc) is 3.40. The number of nitrogens with zero attached hydrogens (tertiary/aromatic N) is 2. The monoisotopic (exact) mass is 579 g/mol. The average molecular weight is 580 g/mol. The van der Waals surface area contributed by atoms with Crippen LogP contribution in [0.25, 0.3) is 11.3 Å². The lowest BCUT2D eigenvalue weighted by atomic mass is 10.1. The molecule has 0 spiro atoms. The summed E-state index contributed by atoms with van der Waals surface area (Å²) in [6.45, 7) is 0. The van der Waals surface area contributed by atoms with Gasteiger partial charge in [0.15, 0.2) is 5.17 Å². The number of amides is 1. The Bertz CT molecular complexity index is 1400. The van der Waals surface area contributed by atoms with Crippen molar-refractivity contribution in [2.75, 3.05) is 0 Å². The van der Waals surface area contributed by atoms with E-state index in [-0.39, 0.29) is 44.3 Å². The van der Waals surface area contributed by atoms with Crippen molar-refractivity contribution in [3.05, 3.63) is 81.0 Å². The van der Waals surface area contributed by atoms with Gasteiger partial charge in [-0.25, -0.2) is 0 Å². The second-order valence-corrected chi connectivity index (χ2v) is 9.65. The van der Waals surface area contributed by atoms with Gasteiger partial charge in [-0.1, -0.05) is 35.0 Å². The molecule has 194 valence electrons. The van der Waals surface area contributed by atoms with Gasteiger partial charge < -0.3 is 9.73 Å². The Labute approximate surface area is 219 Å². The zero-order valence-corrected chi connectivity index (χ0v) is 20.5. The highest BCUT2D eigenvalue weighted by Crippen LogP contribution is 2.37. The van der Waals surface area contributed by atoms with E-state index < -0.39 is 34.6 Å². The van der Waals surface area contributed by atoms with Gasteiger partial charge in [0.1, 0.15) is 11.5 Å². The van der Waals surface area contributed by atoms with Crippen molar-refractivity contribution in [1.29, 1.82) is 0 Å². The highest BCUT2D eigenvalue weighted by molar-refractivity contribution is 8.15. The van der Waals surface area contributed by atoms with E-state index in [0.717, 1.165) is 48.2 Å². The molecule has 1 aliphatic rings. The van der Waals surface area contributed by atoms with Crippen molar-refractivity contribution in [3.8, 4) is 11.3 Å². The molecule has 37 heavy (non-hydrogen) atoms. The SMILES string of the molecule is O=C1N/C(=N\N=C\c2ccc(-c3cc(C(F)(F)F)ccc3Cl)o2)SC1Cc1cc(C(F)(F)F)ccc1Cl. The van der Waals surface area contributed by atoms with Crippen LogP contribution in [0.4, 0.5) is 26.3 Å². The summed E-state index contributed by atoms with van der Waals surface area (Å²) in [5, 5.41) is 9.59. The number of carbonyl (C=O) groups is 1. The highest BCUT2D eigenvalue weighted by atomic mass is 35.5. The van der Waals surface area contributed by atoms with Gasteiger partial charge in [0.2, 0.25) is 5.91 Å². The molecule has 14 heteroatoms. The number of thioether (sulfide) groups is 1. The van der Waals surface area contributed by atoms with Crippen LogP contribution < -0.4 is 5.32 Å². The van der Waals surface area contributed by atoms with Crippen LogP contribution >= 0.6 is 35.0 Å². The van der Waals surface area contributed by atoms with Gasteiger partial charge in [-0.15, -0.1) is 5.10 Å². The molecule has 5 nitrogen and oxygen atoms in total. The molecule has 1 N–H and O–H groups in total. The zero-order valence-electron chi connectivity index (χ0n) is 18.1. The molecule has 1 aliphatic heterocycles. The molecular formula is C23H13Cl2F6N3O2S. The number of hydrogen-bond acceptors (Lipinski definition) is 5. The molecule has 2 heterocycles. The Morgan fingerprint density at radius 3 is 2.27 bits per heavy atom. The van der Waals surface area contributed by atoms with E-state index in [1.165, 1.54) is 18.3 Å². The molecule has 3 aromatic rings. The second-order valence-electron chi connectivity index (χ2n) is 7.65. The van der Waals surface area contributed by atoms with E-state index in [1.54, 1.807) is 0 Å². The molecule has 1 fully saturated rings. The summed E-state index contributed by atoms with van der Waals surface area (Å²) in [4.78, 5) is 12.3. The molecule has 4 rings (SSSR count). The fourth-order valence-electron chi connectivity index (χ4n) is 3.29. The van der Waals surface area contributed by atoms with E-state index in [4.69, 9.17) is 27.6 Å². The third kappa shape index (κ3) is 6.49. The molecular weight excluding hydrogens is 567 g/mol. The molecule has 0 bridgehead atoms. The van der Waals surface area contributed by atoms with Gasteiger partial charge in [0.25, 0.3) is 0 Å². The summed E-state index contributed by atoms with van der Waals surface area (Å²) in [6, 6.07) is 8.57. The fourth-order valence-corrected chi connectivity index (χ4v) is 4.65. The van der Waals surface area contributed by atoms with Crippen LogP contribution in [0.3, 0.4) is 0 Å². The van der Waals surface area contributed by atoms with Crippen LogP contribution in [0.5, 0.6) is 0 Å². The zero-order chi connectivity index (χ0) is 27.0. The van der Waals surface area contributed by atoms with Crippen molar-refractivity contribution in [2.45, 2.75) is 24.0 Å². The lowest BCUT2D eigenvalue weighted by Gasteiger charge is -2.12. The van der Waals surface area contributed by atoms with Crippen LogP contribution in [0, 0.1) is 0 Å². The predicted molar refractivity (Wildman–Crippen MR) is 129 cm³/mol. The molecule has 1 amide bonds. The maximum Gasteiger partial charge on any atom is 0.416 e. The van der Waals surface area contributed by atoms with Crippen LogP contribution in [0.2, 0.25) is 10.0 Å². The predicted octanol–water partition coefficient (Wildman–Crippen LogP) is 7.46. The lowest BCUT2D eigenvalue weighted by Crippen LogP contribution is -2.26. The molecule has 0 radical (unpaired) electrons. The van der Waals surface area contributed by atoms with Crippen LogP contribution in [-0.4, -0.2) is 22.5 Å². The molecule has 1 unspecified atom stereocenters. The van der Waals surface area contributed by atoms with E-state index in [0.29, 0.717) is 0 Å². The van der Waals surface area contributed by atoms with Gasteiger partial charge in [0, 0.05) is 10.6 Å². The molecule has 1 aromatic heterocycles. The minimum absolute atomic E-state index is 0.0390. The Morgan fingerprint density at radius 2 is 1.59 bits per heavy atom. The van der Waals surface area contributed by atoms with Crippen molar-refractivity contribution in [3.63, 3.8) is 0 Å². The highest BCUT2D eigenvalue weighted by Gasteiger charge is 2.34. The molecule has 1 saturated heterocycles. The number of amidine groups is 1. The number of furan rings is 1. The van der Waals surface area contributed by atoms with E-state index >= 15 is 0 Å². The quantitative estimate of drug-likeness (QED) is 0.194. The number of carbonyl (C=O) groups excluding carboxylic acids is 1. The van der Waals surface area contributed by atoms with Crippen molar-refractivity contribution in [2.24, 2.45) is 10.2 Å². The number of rotatable bonds is 5. The van der Waals surface area contributed by atoms with E-state index in [2.05, 4.69) is 15.5 Å². The van der Waals surface area contributed by atoms with E-state index in [1.807, 2.05) is 0 Å². The number of halogens is 8. The molecule has 1 atom stereocenters. The number of hydrogen-bond donors (Lipinski definition) is 1.